The number of nitrogens with one attached hydrogen (secondary N) is 1. The van der Waals surface area contributed by atoms with Crippen LogP contribution >= 0.6 is 15.9 Å². The highest BCUT2D eigenvalue weighted by molar-refractivity contribution is 9.10. The Balaban J connectivity index is 2.44. The monoisotopic (exact) mass is 289 g/mol. The second kappa shape index (κ2) is 4.47. The van der Waals surface area contributed by atoms with Gasteiger partial charge >= 0.3 is 0 Å². The second-order valence-electron chi connectivity index (χ2n) is 3.60. The van der Waals surface area contributed by atoms with E-state index in [4.69, 9.17) is 5.84 Å². The third-order valence-electron chi connectivity index (χ3n) is 2.24. The molecule has 86 valence electrons. The molecule has 1 aromatic rings. The third-order valence-corrected chi connectivity index (χ3v) is 2.70. The van der Waals surface area contributed by atoms with Crippen molar-refractivity contribution in [3.8, 4) is 0 Å². The van der Waals surface area contributed by atoms with E-state index in [1.54, 1.807) is 0 Å². The number of nitrogens with zero attached hydrogens (tertiary/aromatic N) is 1. The van der Waals surface area contributed by atoms with Crippen LogP contribution in [0.2, 0.25) is 0 Å². The molecule has 0 radical (unpaired) electrons. The van der Waals surface area contributed by atoms with Gasteiger partial charge in [0.05, 0.1) is 11.6 Å². The fraction of sp³-hybridized carbons (Fsp3) is 0.300. The Labute approximate surface area is 99.8 Å². The van der Waals surface area contributed by atoms with E-state index in [1.807, 2.05) is 0 Å². The number of amidine groups is 1. The molecule has 1 aliphatic carbocycles. The summed E-state index contributed by atoms with van der Waals surface area (Å²) in [7, 11) is 0. The van der Waals surface area contributed by atoms with Gasteiger partial charge in [-0.3, -0.25) is 4.99 Å². The van der Waals surface area contributed by atoms with E-state index in [0.717, 1.165) is 12.8 Å². The van der Waals surface area contributed by atoms with Crippen LogP contribution < -0.4 is 11.3 Å². The number of hydrogen-bond donors (Lipinski definition) is 2. The summed E-state index contributed by atoms with van der Waals surface area (Å²) >= 11 is 3.01. The molecule has 0 spiro atoms. The molecule has 1 saturated carbocycles. The minimum Gasteiger partial charge on any atom is -0.308 e. The Hall–Kier alpha value is -1.01. The van der Waals surface area contributed by atoms with Gasteiger partial charge in [-0.2, -0.15) is 0 Å². The van der Waals surface area contributed by atoms with Crippen LogP contribution in [0.15, 0.2) is 21.6 Å². The van der Waals surface area contributed by atoms with Crippen molar-refractivity contribution < 1.29 is 8.78 Å². The minimum absolute atomic E-state index is 0.0602. The highest BCUT2D eigenvalue weighted by Crippen LogP contribution is 2.25. The van der Waals surface area contributed by atoms with E-state index in [-0.39, 0.29) is 17.4 Å². The Bertz CT molecular complexity index is 421. The Kier molecular flexibility index (Phi) is 3.20. The second-order valence-corrected chi connectivity index (χ2v) is 4.51. The first-order valence-corrected chi connectivity index (χ1v) is 5.60. The van der Waals surface area contributed by atoms with E-state index in [9.17, 15) is 8.78 Å². The fourth-order valence-electron chi connectivity index (χ4n) is 1.33. The van der Waals surface area contributed by atoms with Crippen molar-refractivity contribution in [2.45, 2.75) is 18.9 Å². The van der Waals surface area contributed by atoms with E-state index < -0.39 is 11.6 Å². The van der Waals surface area contributed by atoms with Crippen LogP contribution in [-0.4, -0.2) is 11.9 Å². The molecule has 16 heavy (non-hydrogen) atoms. The predicted molar refractivity (Wildman–Crippen MR) is 60.9 cm³/mol. The van der Waals surface area contributed by atoms with Crippen LogP contribution in [0.4, 0.5) is 8.78 Å². The number of rotatable bonds is 2. The first kappa shape index (κ1) is 11.5. The predicted octanol–water partition coefficient (Wildman–Crippen LogP) is 2.10. The summed E-state index contributed by atoms with van der Waals surface area (Å²) < 4.78 is 27.5. The van der Waals surface area contributed by atoms with Gasteiger partial charge in [0.15, 0.2) is 0 Å². The van der Waals surface area contributed by atoms with Gasteiger partial charge in [0, 0.05) is 4.47 Å². The number of aliphatic imine (C=N–C) groups is 1. The van der Waals surface area contributed by atoms with E-state index in [2.05, 4.69) is 26.3 Å². The molecule has 0 aliphatic heterocycles. The van der Waals surface area contributed by atoms with Crippen LogP contribution in [0.25, 0.3) is 0 Å². The third kappa shape index (κ3) is 2.38. The van der Waals surface area contributed by atoms with E-state index in [1.165, 1.54) is 12.1 Å². The first-order valence-electron chi connectivity index (χ1n) is 4.81. The maximum atomic E-state index is 13.6. The van der Waals surface area contributed by atoms with Gasteiger partial charge < -0.3 is 5.43 Å². The molecule has 3 N–H and O–H groups in total. The lowest BCUT2D eigenvalue weighted by Gasteiger charge is -2.08. The molecular formula is C10H10BrF2N3. The summed E-state index contributed by atoms with van der Waals surface area (Å²) in [6.07, 6.45) is 1.87. The molecule has 1 aromatic carbocycles. The molecule has 0 aromatic heterocycles. The van der Waals surface area contributed by atoms with Crippen molar-refractivity contribution in [1.29, 1.82) is 0 Å². The molecule has 0 heterocycles. The van der Waals surface area contributed by atoms with Crippen LogP contribution in [0.1, 0.15) is 18.4 Å². The van der Waals surface area contributed by atoms with Crippen molar-refractivity contribution >= 4 is 21.8 Å². The van der Waals surface area contributed by atoms with Crippen LogP contribution in [0.3, 0.4) is 0 Å². The van der Waals surface area contributed by atoms with Crippen molar-refractivity contribution in [3.05, 3.63) is 33.8 Å². The quantitative estimate of drug-likeness (QED) is 0.379. The zero-order valence-electron chi connectivity index (χ0n) is 8.30. The van der Waals surface area contributed by atoms with Crippen molar-refractivity contribution in [2.75, 3.05) is 0 Å². The first-order chi connectivity index (χ1) is 7.61. The standard InChI is InChI=1S/C10H10BrF2N3/c11-5-3-7(12)9(8(13)4-5)10(16-14)15-6-1-2-6/h3-4,6H,1-2,14H2,(H,15,16). The number of nitrogens with two attached hydrogens (primary N) is 1. The zero-order valence-corrected chi connectivity index (χ0v) is 9.89. The van der Waals surface area contributed by atoms with Gasteiger partial charge in [-0.1, -0.05) is 15.9 Å². The molecule has 0 saturated heterocycles. The number of halogens is 3. The lowest BCUT2D eigenvalue weighted by molar-refractivity contribution is 0.575. The molecule has 0 amide bonds. The normalized spacial score (nSPS) is 16.4. The molecule has 2 rings (SSSR count). The van der Waals surface area contributed by atoms with Crippen molar-refractivity contribution in [2.24, 2.45) is 10.8 Å². The van der Waals surface area contributed by atoms with Crippen molar-refractivity contribution in [3.63, 3.8) is 0 Å². The largest absolute Gasteiger partial charge is 0.308 e. The minimum atomic E-state index is -0.691. The fourth-order valence-corrected chi connectivity index (χ4v) is 1.73. The maximum absolute atomic E-state index is 13.6. The molecule has 1 fully saturated rings. The number of hydrazine groups is 1. The molecule has 0 bridgehead atoms. The highest BCUT2D eigenvalue weighted by Gasteiger charge is 2.23. The van der Waals surface area contributed by atoms with Gasteiger partial charge in [0.2, 0.25) is 0 Å². The molecule has 3 nitrogen and oxygen atoms in total. The average molecular weight is 290 g/mol. The Morgan fingerprint density at radius 3 is 2.38 bits per heavy atom. The smallest absolute Gasteiger partial charge is 0.148 e. The number of hydrogen-bond acceptors (Lipinski definition) is 2. The molecule has 1 aliphatic rings. The Morgan fingerprint density at radius 2 is 1.94 bits per heavy atom. The molecule has 0 atom stereocenters. The van der Waals surface area contributed by atoms with E-state index >= 15 is 0 Å². The van der Waals surface area contributed by atoms with Gasteiger partial charge in [-0.15, -0.1) is 0 Å². The summed E-state index contributed by atoms with van der Waals surface area (Å²) in [5.41, 5.74) is 2.03. The van der Waals surface area contributed by atoms with Gasteiger partial charge in [0.1, 0.15) is 17.5 Å². The average Bonchev–Trinajstić information content (AvgIpc) is 2.98. The van der Waals surface area contributed by atoms with Gasteiger partial charge in [-0.25, -0.2) is 14.6 Å². The zero-order chi connectivity index (χ0) is 11.7. The van der Waals surface area contributed by atoms with Crippen LogP contribution in [-0.2, 0) is 0 Å². The topological polar surface area (TPSA) is 50.4 Å². The van der Waals surface area contributed by atoms with Gasteiger partial charge in [-0.05, 0) is 25.0 Å². The lowest BCUT2D eigenvalue weighted by atomic mass is 10.2. The molecule has 6 heteroatoms. The van der Waals surface area contributed by atoms with E-state index in [0.29, 0.717) is 4.47 Å². The summed E-state index contributed by atoms with van der Waals surface area (Å²) in [5, 5.41) is 0. The summed E-state index contributed by atoms with van der Waals surface area (Å²) in [6.45, 7) is 0. The SMILES string of the molecule is NNC(=NC1CC1)c1c(F)cc(Br)cc1F. The van der Waals surface area contributed by atoms with Gasteiger partial charge in [0.25, 0.3) is 0 Å². The summed E-state index contributed by atoms with van der Waals surface area (Å²) in [6, 6.07) is 2.49. The summed E-state index contributed by atoms with van der Waals surface area (Å²) in [4.78, 5) is 4.11. The number of benzene rings is 1. The van der Waals surface area contributed by atoms with Crippen molar-refractivity contribution in [1.82, 2.24) is 5.43 Å². The highest BCUT2D eigenvalue weighted by atomic mass is 79.9. The lowest BCUT2D eigenvalue weighted by Crippen LogP contribution is -2.33. The maximum Gasteiger partial charge on any atom is 0.148 e. The summed E-state index contributed by atoms with van der Waals surface area (Å²) in [5.74, 6) is 3.91. The van der Waals surface area contributed by atoms with Crippen LogP contribution in [0.5, 0.6) is 0 Å². The Morgan fingerprint density at radius 1 is 1.38 bits per heavy atom. The van der Waals surface area contributed by atoms with Crippen LogP contribution in [0, 0.1) is 11.6 Å². The molecular weight excluding hydrogens is 280 g/mol. The molecule has 0 unspecified atom stereocenters.